The summed E-state index contributed by atoms with van der Waals surface area (Å²) in [4.78, 5) is 3.48. The highest BCUT2D eigenvalue weighted by molar-refractivity contribution is 5.83. The van der Waals surface area contributed by atoms with E-state index in [9.17, 15) is 5.11 Å². The molecule has 1 aliphatic heterocycles. The van der Waals surface area contributed by atoms with Crippen LogP contribution in [0.1, 0.15) is 71.8 Å². The summed E-state index contributed by atoms with van der Waals surface area (Å²) in [5.74, 6) is 1.15. The topological polar surface area (TPSA) is 45.2 Å². The van der Waals surface area contributed by atoms with Crippen molar-refractivity contribution < 1.29 is 9.84 Å². The van der Waals surface area contributed by atoms with E-state index in [0.29, 0.717) is 11.8 Å². The minimum absolute atomic E-state index is 0.0458. The highest BCUT2D eigenvalue weighted by Crippen LogP contribution is 2.64. The van der Waals surface area contributed by atoms with E-state index in [0.717, 1.165) is 32.1 Å². The lowest BCUT2D eigenvalue weighted by Crippen LogP contribution is -2.61. The molecule has 0 amide bonds. The van der Waals surface area contributed by atoms with Crippen molar-refractivity contribution in [3.8, 4) is 0 Å². The number of ether oxygens (including phenoxy) is 1. The zero-order valence-corrected chi connectivity index (χ0v) is 19.7. The molecule has 6 atom stereocenters. The maximum absolute atomic E-state index is 10.6. The highest BCUT2D eigenvalue weighted by Gasteiger charge is 2.60. The molecule has 31 heavy (non-hydrogen) atoms. The average molecular weight is 422 g/mol. The van der Waals surface area contributed by atoms with Crippen molar-refractivity contribution in [2.45, 2.75) is 90.4 Å². The smallest absolute Gasteiger partial charge is 0.0860 e. The lowest BCUT2D eigenvalue weighted by atomic mass is 9.44. The first-order chi connectivity index (χ1) is 14.6. The number of hydrogen-bond acceptors (Lipinski definition) is 2. The molecule has 1 aromatic carbocycles. The van der Waals surface area contributed by atoms with Gasteiger partial charge in [0.2, 0.25) is 0 Å². The lowest BCUT2D eigenvalue weighted by Gasteiger charge is -2.63. The third-order valence-corrected chi connectivity index (χ3v) is 9.48. The van der Waals surface area contributed by atoms with Crippen molar-refractivity contribution in [1.29, 1.82) is 0 Å². The summed E-state index contributed by atoms with van der Waals surface area (Å²) in [5, 5.41) is 11.9. The third-order valence-electron chi connectivity index (χ3n) is 9.48. The zero-order valence-electron chi connectivity index (χ0n) is 19.7. The number of para-hydroxylation sites is 1. The molecular formula is C28H39NO2. The first kappa shape index (κ1) is 21.3. The molecule has 3 heteroatoms. The zero-order chi connectivity index (χ0) is 22.0. The number of allylic oxidation sites excluding steroid dienone is 1. The van der Waals surface area contributed by atoms with Gasteiger partial charge in [0.05, 0.1) is 17.8 Å². The molecule has 1 saturated heterocycles. The second kappa shape index (κ2) is 7.22. The molecule has 2 aliphatic carbocycles. The lowest BCUT2D eigenvalue weighted by molar-refractivity contribution is -0.236. The molecule has 2 N–H and O–H groups in total. The largest absolute Gasteiger partial charge is 0.388 e. The second-order valence-electron chi connectivity index (χ2n) is 11.7. The van der Waals surface area contributed by atoms with E-state index >= 15 is 0 Å². The van der Waals surface area contributed by atoms with E-state index in [1.54, 1.807) is 0 Å². The van der Waals surface area contributed by atoms with Crippen molar-refractivity contribution in [3.63, 3.8) is 0 Å². The van der Waals surface area contributed by atoms with Crippen LogP contribution in [-0.2, 0) is 11.2 Å². The van der Waals surface area contributed by atoms with Crippen LogP contribution in [0, 0.1) is 22.7 Å². The Morgan fingerprint density at radius 2 is 1.87 bits per heavy atom. The van der Waals surface area contributed by atoms with Crippen LogP contribution >= 0.6 is 0 Å². The van der Waals surface area contributed by atoms with E-state index in [2.05, 4.69) is 55.9 Å². The number of rotatable bonds is 3. The van der Waals surface area contributed by atoms with Gasteiger partial charge in [-0.15, -0.1) is 0 Å². The van der Waals surface area contributed by atoms with Crippen molar-refractivity contribution in [3.05, 3.63) is 48.2 Å². The molecule has 0 radical (unpaired) electrons. The van der Waals surface area contributed by atoms with Crippen LogP contribution in [0.4, 0.5) is 0 Å². The predicted octanol–water partition coefficient (Wildman–Crippen LogP) is 6.42. The summed E-state index contributed by atoms with van der Waals surface area (Å²) in [5.41, 5.74) is 3.78. The summed E-state index contributed by atoms with van der Waals surface area (Å²) in [7, 11) is 0. The maximum Gasteiger partial charge on any atom is 0.0860 e. The summed E-state index contributed by atoms with van der Waals surface area (Å²) >= 11 is 0. The number of H-pyrrole nitrogens is 1. The van der Waals surface area contributed by atoms with Crippen LogP contribution in [-0.4, -0.2) is 27.9 Å². The van der Waals surface area contributed by atoms with Crippen molar-refractivity contribution >= 4 is 10.9 Å². The second-order valence-corrected chi connectivity index (χ2v) is 11.7. The number of hydrogen-bond donors (Lipinski definition) is 2. The molecule has 1 aromatic heterocycles. The van der Waals surface area contributed by atoms with Gasteiger partial charge >= 0.3 is 0 Å². The SMILES string of the molecule is C=C1CC[C@H]2[C@]3(C)CC[C@@H](C(C)(C)O)O[C@H]3CC[C@]2(C)[C@@H]1Cc1c[nH]c2ccccc12. The van der Waals surface area contributed by atoms with Gasteiger partial charge in [-0.2, -0.15) is 0 Å². The average Bonchev–Trinajstić information content (AvgIpc) is 3.12. The van der Waals surface area contributed by atoms with Crippen LogP contribution in [0.3, 0.4) is 0 Å². The van der Waals surface area contributed by atoms with E-state index in [1.807, 2.05) is 13.8 Å². The Hall–Kier alpha value is -1.58. The molecule has 2 aromatic rings. The van der Waals surface area contributed by atoms with Crippen LogP contribution in [0.15, 0.2) is 42.6 Å². The number of benzene rings is 1. The molecular weight excluding hydrogens is 382 g/mol. The Morgan fingerprint density at radius 3 is 2.65 bits per heavy atom. The number of nitrogens with one attached hydrogen (secondary N) is 1. The van der Waals surface area contributed by atoms with E-state index in [1.165, 1.54) is 34.9 Å². The summed E-state index contributed by atoms with van der Waals surface area (Å²) in [6.45, 7) is 13.4. The molecule has 2 heterocycles. The Morgan fingerprint density at radius 1 is 1.13 bits per heavy atom. The van der Waals surface area contributed by atoms with Gasteiger partial charge in [-0.05, 0) is 93.1 Å². The van der Waals surface area contributed by atoms with Crippen LogP contribution in [0.25, 0.3) is 10.9 Å². The molecule has 0 unspecified atom stereocenters. The normalized spacial score (nSPS) is 38.7. The van der Waals surface area contributed by atoms with Crippen molar-refractivity contribution in [2.75, 3.05) is 0 Å². The highest BCUT2D eigenvalue weighted by atomic mass is 16.5. The fourth-order valence-corrected chi connectivity index (χ4v) is 7.66. The standard InChI is InChI=1S/C28H39NO2/c1-18-10-11-23-27(4,21(18)16-19-17-29-22-9-7-6-8-20(19)22)14-13-25-28(23,5)15-12-24(31-25)26(2,3)30/h6-9,17,21,23-25,29-30H,1,10-16H2,2-5H3/t21-,23-,24+,25+,27-,28+/m1/s1. The van der Waals surface area contributed by atoms with Gasteiger partial charge in [-0.3, -0.25) is 0 Å². The Bertz CT molecular complexity index is 984. The molecule has 3 nitrogen and oxygen atoms in total. The Kier molecular flexibility index (Phi) is 4.95. The predicted molar refractivity (Wildman–Crippen MR) is 127 cm³/mol. The van der Waals surface area contributed by atoms with Gasteiger partial charge in [0.25, 0.3) is 0 Å². The van der Waals surface area contributed by atoms with Gasteiger partial charge < -0.3 is 14.8 Å². The summed E-state index contributed by atoms with van der Waals surface area (Å²) < 4.78 is 6.60. The van der Waals surface area contributed by atoms with Crippen molar-refractivity contribution in [1.82, 2.24) is 4.98 Å². The van der Waals surface area contributed by atoms with Crippen LogP contribution in [0.5, 0.6) is 0 Å². The van der Waals surface area contributed by atoms with Gasteiger partial charge in [0.15, 0.2) is 0 Å². The molecule has 2 saturated carbocycles. The number of aromatic amines is 1. The van der Waals surface area contributed by atoms with E-state index < -0.39 is 5.60 Å². The Labute approximate surface area is 187 Å². The number of aliphatic hydroxyl groups is 1. The van der Waals surface area contributed by atoms with E-state index in [4.69, 9.17) is 4.74 Å². The van der Waals surface area contributed by atoms with Gasteiger partial charge in [0, 0.05) is 17.1 Å². The molecule has 0 bridgehead atoms. The van der Waals surface area contributed by atoms with Crippen LogP contribution < -0.4 is 0 Å². The number of fused-ring (bicyclic) bond motifs is 4. The summed E-state index contributed by atoms with van der Waals surface area (Å²) in [6, 6.07) is 8.66. The Balaban J connectivity index is 1.45. The minimum Gasteiger partial charge on any atom is -0.388 e. The first-order valence-electron chi connectivity index (χ1n) is 12.2. The van der Waals surface area contributed by atoms with Gasteiger partial charge in [-0.25, -0.2) is 0 Å². The van der Waals surface area contributed by atoms with Gasteiger partial charge in [-0.1, -0.05) is 44.2 Å². The van der Waals surface area contributed by atoms with Crippen molar-refractivity contribution in [2.24, 2.45) is 22.7 Å². The monoisotopic (exact) mass is 421 g/mol. The third kappa shape index (κ3) is 3.31. The molecule has 168 valence electrons. The molecule has 3 aliphatic rings. The number of aromatic nitrogens is 1. The first-order valence-corrected chi connectivity index (χ1v) is 12.2. The van der Waals surface area contributed by atoms with Gasteiger partial charge in [0.1, 0.15) is 0 Å². The fourth-order valence-electron chi connectivity index (χ4n) is 7.66. The summed E-state index contributed by atoms with van der Waals surface area (Å²) in [6.07, 6.45) is 10.2. The quantitative estimate of drug-likeness (QED) is 0.562. The fraction of sp³-hybridized carbons (Fsp3) is 0.643. The molecule has 0 spiro atoms. The molecule has 5 rings (SSSR count). The maximum atomic E-state index is 10.6. The minimum atomic E-state index is -0.763. The van der Waals surface area contributed by atoms with E-state index in [-0.39, 0.29) is 23.0 Å². The molecule has 3 fully saturated rings. The van der Waals surface area contributed by atoms with Crippen LogP contribution in [0.2, 0.25) is 0 Å².